The number of anilines is 6. The van der Waals surface area contributed by atoms with Crippen molar-refractivity contribution < 1.29 is 0 Å². The van der Waals surface area contributed by atoms with Crippen LogP contribution in [0.4, 0.5) is 34.1 Å². The highest BCUT2D eigenvalue weighted by atomic mass is 15.2. The first kappa shape index (κ1) is 61.9. The SMILES string of the molecule is CCCCCCc1cc(C)cc(C2(c3cc(CCCCCC)cc(CCCCCC)c3)c3cc(N(c4ccc(C)cc4)c4c(C)cc(C(C)(C)C)cc4C)ccc3-c3ccc(N(c4ccc(C)cc4)c4c(C)cc(C(C)(C)C)cc4C)cc32)c1. The van der Waals surface area contributed by atoms with Gasteiger partial charge in [-0.25, -0.2) is 0 Å². The Morgan fingerprint density at radius 1 is 0.321 bits per heavy atom. The highest BCUT2D eigenvalue weighted by Crippen LogP contribution is 2.60. The van der Waals surface area contributed by atoms with Gasteiger partial charge in [-0.1, -0.05) is 234 Å². The molecule has 0 heterocycles. The zero-order chi connectivity index (χ0) is 60.1. The largest absolute Gasteiger partial charge is 0.310 e. The summed E-state index contributed by atoms with van der Waals surface area (Å²) in [7, 11) is 0. The number of hydrogen-bond donors (Lipinski definition) is 0. The Hall–Kier alpha value is -6.64. The van der Waals surface area contributed by atoms with Gasteiger partial charge in [0.05, 0.1) is 16.8 Å². The molecule has 2 nitrogen and oxygen atoms in total. The van der Waals surface area contributed by atoms with Crippen LogP contribution in [0.25, 0.3) is 11.1 Å². The van der Waals surface area contributed by atoms with Gasteiger partial charge >= 0.3 is 0 Å². The highest BCUT2D eigenvalue weighted by Gasteiger charge is 2.48. The molecule has 0 N–H and O–H groups in total. The molecule has 440 valence electrons. The second kappa shape index (κ2) is 26.3. The van der Waals surface area contributed by atoms with Crippen molar-refractivity contribution in [3.63, 3.8) is 0 Å². The summed E-state index contributed by atoms with van der Waals surface area (Å²) in [6.45, 7) is 37.1. The van der Waals surface area contributed by atoms with E-state index in [2.05, 4.69) is 266 Å². The van der Waals surface area contributed by atoms with Gasteiger partial charge in [-0.05, 0) is 230 Å². The van der Waals surface area contributed by atoms with Crippen LogP contribution in [-0.2, 0) is 35.5 Å². The summed E-state index contributed by atoms with van der Waals surface area (Å²) in [5.74, 6) is 0. The molecule has 84 heavy (non-hydrogen) atoms. The molecule has 8 aromatic carbocycles. The van der Waals surface area contributed by atoms with Crippen molar-refractivity contribution in [2.75, 3.05) is 9.80 Å². The van der Waals surface area contributed by atoms with Crippen molar-refractivity contribution in [2.45, 2.75) is 223 Å². The predicted molar refractivity (Wildman–Crippen MR) is 367 cm³/mol. The predicted octanol–water partition coefficient (Wildman–Crippen LogP) is 24.1. The van der Waals surface area contributed by atoms with Crippen LogP contribution in [0, 0.1) is 48.5 Å². The van der Waals surface area contributed by atoms with E-state index in [1.54, 1.807) is 0 Å². The number of unbranched alkanes of at least 4 members (excludes halogenated alkanes) is 9. The molecule has 1 aliphatic carbocycles. The first-order valence-electron chi connectivity index (χ1n) is 32.7. The fourth-order valence-electron chi connectivity index (χ4n) is 13.8. The lowest BCUT2D eigenvalue weighted by atomic mass is 9.66. The third kappa shape index (κ3) is 13.2. The van der Waals surface area contributed by atoms with E-state index in [-0.39, 0.29) is 10.8 Å². The third-order valence-electron chi connectivity index (χ3n) is 18.4. The van der Waals surface area contributed by atoms with E-state index in [0.717, 1.165) is 19.3 Å². The molecule has 0 atom stereocenters. The van der Waals surface area contributed by atoms with Gasteiger partial charge in [0.1, 0.15) is 0 Å². The lowest BCUT2D eigenvalue weighted by Gasteiger charge is -2.37. The molecule has 0 bridgehead atoms. The molecular formula is C82H102N2. The van der Waals surface area contributed by atoms with Gasteiger partial charge in [-0.3, -0.25) is 0 Å². The average Bonchev–Trinajstić information content (AvgIpc) is 1.53. The van der Waals surface area contributed by atoms with Gasteiger partial charge in [0.15, 0.2) is 0 Å². The van der Waals surface area contributed by atoms with E-state index in [9.17, 15) is 0 Å². The van der Waals surface area contributed by atoms with Gasteiger partial charge in [-0.2, -0.15) is 0 Å². The van der Waals surface area contributed by atoms with Crippen LogP contribution < -0.4 is 9.80 Å². The normalized spacial score (nSPS) is 12.9. The van der Waals surface area contributed by atoms with Gasteiger partial charge in [0, 0.05) is 22.7 Å². The highest BCUT2D eigenvalue weighted by molar-refractivity contribution is 5.93. The Morgan fingerprint density at radius 2 is 0.655 bits per heavy atom. The maximum atomic E-state index is 2.68. The van der Waals surface area contributed by atoms with Crippen molar-refractivity contribution in [3.05, 3.63) is 235 Å². The quantitative estimate of drug-likeness (QED) is 0.0589. The second-order valence-electron chi connectivity index (χ2n) is 27.6. The van der Waals surface area contributed by atoms with Crippen LogP contribution in [0.1, 0.15) is 228 Å². The Balaban J connectivity index is 1.42. The van der Waals surface area contributed by atoms with Gasteiger partial charge < -0.3 is 9.80 Å². The van der Waals surface area contributed by atoms with E-state index < -0.39 is 5.41 Å². The third-order valence-corrected chi connectivity index (χ3v) is 18.4. The number of nitrogens with zero attached hydrogens (tertiary/aromatic N) is 2. The van der Waals surface area contributed by atoms with E-state index in [4.69, 9.17) is 0 Å². The Morgan fingerprint density at radius 3 is 1.00 bits per heavy atom. The lowest BCUT2D eigenvalue weighted by Crippen LogP contribution is -2.30. The number of hydrogen-bond acceptors (Lipinski definition) is 2. The fourth-order valence-corrected chi connectivity index (χ4v) is 13.8. The Kier molecular flexibility index (Phi) is 19.4. The Bertz CT molecular complexity index is 3310. The van der Waals surface area contributed by atoms with Crippen molar-refractivity contribution in [3.8, 4) is 11.1 Å². The van der Waals surface area contributed by atoms with Crippen LogP contribution in [0.15, 0.2) is 146 Å². The number of fused-ring (bicyclic) bond motifs is 3. The molecule has 0 aliphatic heterocycles. The zero-order valence-corrected chi connectivity index (χ0v) is 54.9. The number of aryl methyl sites for hydroxylation is 10. The minimum absolute atomic E-state index is 0.0188. The van der Waals surface area contributed by atoms with E-state index in [1.807, 2.05) is 0 Å². The van der Waals surface area contributed by atoms with Gasteiger partial charge in [-0.15, -0.1) is 0 Å². The summed E-state index contributed by atoms with van der Waals surface area (Å²) in [6.07, 6.45) is 18.1. The average molecular weight is 1120 g/mol. The molecule has 1 aliphatic rings. The zero-order valence-electron chi connectivity index (χ0n) is 54.9. The smallest absolute Gasteiger partial charge is 0.0715 e. The van der Waals surface area contributed by atoms with Crippen LogP contribution in [0.2, 0.25) is 0 Å². The molecule has 0 radical (unpaired) electrons. The molecule has 0 unspecified atom stereocenters. The van der Waals surface area contributed by atoms with Gasteiger partial charge in [0.25, 0.3) is 0 Å². The first-order valence-corrected chi connectivity index (χ1v) is 32.7. The van der Waals surface area contributed by atoms with Crippen molar-refractivity contribution >= 4 is 34.1 Å². The molecule has 0 amide bonds. The maximum absolute atomic E-state index is 2.68. The number of benzene rings is 8. The molecule has 2 heteroatoms. The molecule has 0 saturated carbocycles. The monoisotopic (exact) mass is 1110 g/mol. The second-order valence-corrected chi connectivity index (χ2v) is 27.6. The van der Waals surface area contributed by atoms with Crippen molar-refractivity contribution in [2.24, 2.45) is 0 Å². The molecule has 9 rings (SSSR count). The standard InChI is InChI=1S/C82H102N2/c1-17-20-23-26-29-63-44-58(6)45-68(51-63)82(69-52-64(30-27-24-21-18-2)50-65(53-69)31-28-25-22-19-3)76-54-72(83(70-36-32-56(4)33-37-70)78-59(7)46-66(47-60(78)8)80(11,12)13)40-42-74(76)75-43-41-73(55-77(75)82)84(71-38-34-57(5)35-39-71)79-61(9)48-67(49-62(79)10)81(14,15)16/h32-55H,17-31H2,1-16H3. The molecule has 0 saturated heterocycles. The minimum Gasteiger partial charge on any atom is -0.310 e. The molecular weight excluding hydrogens is 1010 g/mol. The fraction of sp³-hybridized carbons (Fsp3) is 0.415. The first-order chi connectivity index (χ1) is 40.1. The summed E-state index contributed by atoms with van der Waals surface area (Å²) in [5.41, 5.74) is 30.8. The summed E-state index contributed by atoms with van der Waals surface area (Å²) in [4.78, 5) is 5.17. The van der Waals surface area contributed by atoms with E-state index in [0.29, 0.717) is 0 Å². The molecule has 0 aromatic heterocycles. The summed E-state index contributed by atoms with van der Waals surface area (Å²) in [6, 6.07) is 59.1. The van der Waals surface area contributed by atoms with E-state index in [1.165, 1.54) is 211 Å². The van der Waals surface area contributed by atoms with E-state index >= 15 is 0 Å². The topological polar surface area (TPSA) is 6.48 Å². The molecule has 0 spiro atoms. The van der Waals surface area contributed by atoms with Crippen LogP contribution in [-0.4, -0.2) is 0 Å². The summed E-state index contributed by atoms with van der Waals surface area (Å²) < 4.78 is 0. The van der Waals surface area contributed by atoms with Crippen LogP contribution in [0.3, 0.4) is 0 Å². The van der Waals surface area contributed by atoms with Crippen LogP contribution in [0.5, 0.6) is 0 Å². The number of rotatable bonds is 23. The minimum atomic E-state index is -0.684. The molecule has 8 aromatic rings. The van der Waals surface area contributed by atoms with Gasteiger partial charge in [0.2, 0.25) is 0 Å². The lowest BCUT2D eigenvalue weighted by molar-refractivity contribution is 0.589. The van der Waals surface area contributed by atoms with Crippen molar-refractivity contribution in [1.82, 2.24) is 0 Å². The summed E-state index contributed by atoms with van der Waals surface area (Å²) in [5, 5.41) is 0. The molecule has 0 fully saturated rings. The van der Waals surface area contributed by atoms with Crippen molar-refractivity contribution in [1.29, 1.82) is 0 Å². The van der Waals surface area contributed by atoms with Crippen LogP contribution >= 0.6 is 0 Å². The summed E-state index contributed by atoms with van der Waals surface area (Å²) >= 11 is 0. The maximum Gasteiger partial charge on any atom is 0.0715 e. The Labute approximate surface area is 510 Å².